The van der Waals surface area contributed by atoms with Crippen molar-refractivity contribution < 1.29 is 9.18 Å². The number of nitrogens with zero attached hydrogens (tertiary/aromatic N) is 3. The average molecular weight is 246 g/mol. The number of carbonyl (C=O) groups is 1. The highest BCUT2D eigenvalue weighted by Gasteiger charge is 2.20. The molecule has 5 nitrogen and oxygen atoms in total. The number of rotatable bonds is 1. The molecule has 18 heavy (non-hydrogen) atoms. The number of nitrogens with one attached hydrogen (secondary N) is 1. The van der Waals surface area contributed by atoms with Gasteiger partial charge < -0.3 is 10.2 Å². The Labute approximate surface area is 103 Å². The number of hydrogen-bond acceptors (Lipinski definition) is 4. The summed E-state index contributed by atoms with van der Waals surface area (Å²) in [5.41, 5.74) is 0.286. The third-order valence-electron chi connectivity index (χ3n) is 2.93. The van der Waals surface area contributed by atoms with Crippen molar-refractivity contribution in [2.75, 3.05) is 24.5 Å². The van der Waals surface area contributed by atoms with E-state index in [2.05, 4.69) is 15.3 Å². The summed E-state index contributed by atoms with van der Waals surface area (Å²) < 4.78 is 13.6. The van der Waals surface area contributed by atoms with E-state index in [0.717, 1.165) is 0 Å². The molecule has 0 radical (unpaired) electrons. The normalized spacial score (nSPS) is 15.8. The van der Waals surface area contributed by atoms with E-state index in [1.807, 2.05) is 4.90 Å². The summed E-state index contributed by atoms with van der Waals surface area (Å²) in [6, 6.07) is 4.75. The van der Waals surface area contributed by atoms with Crippen LogP contribution in [0.15, 0.2) is 24.5 Å². The molecule has 2 aromatic rings. The number of amides is 1. The topological polar surface area (TPSA) is 58.1 Å². The molecule has 1 aromatic heterocycles. The minimum Gasteiger partial charge on any atom is -0.353 e. The zero-order valence-corrected chi connectivity index (χ0v) is 9.56. The van der Waals surface area contributed by atoms with Gasteiger partial charge in [-0.05, 0) is 12.1 Å². The second kappa shape index (κ2) is 4.21. The van der Waals surface area contributed by atoms with Crippen molar-refractivity contribution in [1.29, 1.82) is 0 Å². The van der Waals surface area contributed by atoms with E-state index in [1.54, 1.807) is 12.1 Å². The van der Waals surface area contributed by atoms with Gasteiger partial charge in [-0.1, -0.05) is 6.07 Å². The second-order valence-corrected chi connectivity index (χ2v) is 4.10. The van der Waals surface area contributed by atoms with Gasteiger partial charge in [0.25, 0.3) is 0 Å². The van der Waals surface area contributed by atoms with Gasteiger partial charge in [0.1, 0.15) is 23.5 Å². The van der Waals surface area contributed by atoms with Crippen LogP contribution in [0.2, 0.25) is 0 Å². The number of piperazine rings is 1. The van der Waals surface area contributed by atoms with Crippen molar-refractivity contribution in [1.82, 2.24) is 15.3 Å². The highest BCUT2D eigenvalue weighted by atomic mass is 19.1. The third-order valence-corrected chi connectivity index (χ3v) is 2.93. The van der Waals surface area contributed by atoms with Crippen molar-refractivity contribution in [3.8, 4) is 0 Å². The lowest BCUT2D eigenvalue weighted by Crippen LogP contribution is -2.48. The van der Waals surface area contributed by atoms with E-state index in [0.29, 0.717) is 24.3 Å². The third kappa shape index (κ3) is 1.75. The van der Waals surface area contributed by atoms with Crippen LogP contribution >= 0.6 is 0 Å². The molecule has 1 amide bonds. The fourth-order valence-corrected chi connectivity index (χ4v) is 2.11. The summed E-state index contributed by atoms with van der Waals surface area (Å²) in [4.78, 5) is 21.3. The highest BCUT2D eigenvalue weighted by molar-refractivity contribution is 5.92. The van der Waals surface area contributed by atoms with Gasteiger partial charge in [-0.2, -0.15) is 0 Å². The van der Waals surface area contributed by atoms with Crippen LogP contribution in [0.5, 0.6) is 0 Å². The molecule has 1 fully saturated rings. The highest BCUT2D eigenvalue weighted by Crippen LogP contribution is 2.24. The summed E-state index contributed by atoms with van der Waals surface area (Å²) in [7, 11) is 0. The number of benzene rings is 1. The lowest BCUT2D eigenvalue weighted by atomic mass is 10.2. The van der Waals surface area contributed by atoms with Crippen LogP contribution in [-0.4, -0.2) is 35.5 Å². The first kappa shape index (κ1) is 10.9. The maximum atomic E-state index is 13.6. The van der Waals surface area contributed by atoms with Crippen molar-refractivity contribution >= 4 is 22.6 Å². The minimum atomic E-state index is -0.377. The molecule has 3 rings (SSSR count). The van der Waals surface area contributed by atoms with Gasteiger partial charge in [0.05, 0.1) is 6.54 Å². The molecular weight excluding hydrogens is 235 g/mol. The van der Waals surface area contributed by atoms with Crippen molar-refractivity contribution in [2.24, 2.45) is 0 Å². The van der Waals surface area contributed by atoms with E-state index in [4.69, 9.17) is 0 Å². The van der Waals surface area contributed by atoms with E-state index < -0.39 is 0 Å². The Bertz CT molecular complexity index is 616. The average Bonchev–Trinajstić information content (AvgIpc) is 2.39. The molecule has 0 unspecified atom stereocenters. The predicted molar refractivity (Wildman–Crippen MR) is 64.7 cm³/mol. The van der Waals surface area contributed by atoms with E-state index in [1.165, 1.54) is 12.4 Å². The summed E-state index contributed by atoms with van der Waals surface area (Å²) in [5.74, 6) is 0.177. The largest absolute Gasteiger partial charge is 0.353 e. The Morgan fingerprint density at radius 2 is 2.22 bits per heavy atom. The van der Waals surface area contributed by atoms with E-state index in [9.17, 15) is 9.18 Å². The number of para-hydroxylation sites is 1. The Kier molecular flexibility index (Phi) is 2.55. The van der Waals surface area contributed by atoms with Gasteiger partial charge >= 0.3 is 0 Å². The SMILES string of the molecule is O=C1CN(c2ncnc3c(F)cccc23)CCN1. The first-order valence-electron chi connectivity index (χ1n) is 5.66. The summed E-state index contributed by atoms with van der Waals surface area (Å²) >= 11 is 0. The first-order chi connectivity index (χ1) is 8.75. The van der Waals surface area contributed by atoms with Gasteiger partial charge in [0.2, 0.25) is 5.91 Å². The molecule has 0 saturated carbocycles. The Morgan fingerprint density at radius 3 is 3.06 bits per heavy atom. The lowest BCUT2D eigenvalue weighted by Gasteiger charge is -2.28. The van der Waals surface area contributed by atoms with Crippen molar-refractivity contribution in [3.63, 3.8) is 0 Å². The molecule has 0 atom stereocenters. The zero-order chi connectivity index (χ0) is 12.5. The first-order valence-corrected chi connectivity index (χ1v) is 5.66. The van der Waals surface area contributed by atoms with Gasteiger partial charge in [0, 0.05) is 18.5 Å². The van der Waals surface area contributed by atoms with Crippen molar-refractivity contribution in [2.45, 2.75) is 0 Å². The van der Waals surface area contributed by atoms with Crippen LogP contribution in [0.25, 0.3) is 10.9 Å². The fraction of sp³-hybridized carbons (Fsp3) is 0.250. The Hall–Kier alpha value is -2.24. The molecule has 1 aliphatic rings. The molecule has 1 saturated heterocycles. The number of anilines is 1. The van der Waals surface area contributed by atoms with Gasteiger partial charge in [0.15, 0.2) is 0 Å². The van der Waals surface area contributed by atoms with Gasteiger partial charge in [-0.3, -0.25) is 4.79 Å². The maximum absolute atomic E-state index is 13.6. The molecular formula is C12H11FN4O. The Morgan fingerprint density at radius 1 is 1.33 bits per heavy atom. The number of aromatic nitrogens is 2. The molecule has 1 N–H and O–H groups in total. The van der Waals surface area contributed by atoms with E-state index in [-0.39, 0.29) is 23.8 Å². The zero-order valence-electron chi connectivity index (χ0n) is 9.56. The Balaban J connectivity index is 2.11. The van der Waals surface area contributed by atoms with Crippen LogP contribution in [0, 0.1) is 5.82 Å². The number of carbonyl (C=O) groups excluding carboxylic acids is 1. The van der Waals surface area contributed by atoms with Crippen LogP contribution < -0.4 is 10.2 Å². The number of fused-ring (bicyclic) bond motifs is 1. The molecule has 92 valence electrons. The fourth-order valence-electron chi connectivity index (χ4n) is 2.11. The molecule has 0 bridgehead atoms. The van der Waals surface area contributed by atoms with E-state index >= 15 is 0 Å². The predicted octanol–water partition coefficient (Wildman–Crippen LogP) is 0.705. The molecule has 2 heterocycles. The van der Waals surface area contributed by atoms with Crippen LogP contribution in [0.1, 0.15) is 0 Å². The monoisotopic (exact) mass is 246 g/mol. The number of hydrogen-bond donors (Lipinski definition) is 1. The van der Waals surface area contributed by atoms with Gasteiger partial charge in [-0.25, -0.2) is 14.4 Å². The molecule has 0 aliphatic carbocycles. The quantitative estimate of drug-likeness (QED) is 0.805. The molecule has 1 aromatic carbocycles. The second-order valence-electron chi connectivity index (χ2n) is 4.10. The molecule has 1 aliphatic heterocycles. The van der Waals surface area contributed by atoms with Crippen LogP contribution in [0.4, 0.5) is 10.2 Å². The lowest BCUT2D eigenvalue weighted by molar-refractivity contribution is -0.120. The van der Waals surface area contributed by atoms with Crippen molar-refractivity contribution in [3.05, 3.63) is 30.3 Å². The smallest absolute Gasteiger partial charge is 0.239 e. The number of halogens is 1. The summed E-state index contributed by atoms with van der Waals surface area (Å²) in [6.07, 6.45) is 1.33. The summed E-state index contributed by atoms with van der Waals surface area (Å²) in [5, 5.41) is 3.37. The molecule has 0 spiro atoms. The van der Waals surface area contributed by atoms with Crippen LogP contribution in [-0.2, 0) is 4.79 Å². The van der Waals surface area contributed by atoms with Crippen LogP contribution in [0.3, 0.4) is 0 Å². The van der Waals surface area contributed by atoms with Gasteiger partial charge in [-0.15, -0.1) is 0 Å². The minimum absolute atomic E-state index is 0.0515. The summed E-state index contributed by atoms with van der Waals surface area (Å²) in [6.45, 7) is 1.47. The maximum Gasteiger partial charge on any atom is 0.239 e. The molecule has 6 heteroatoms. The standard InChI is InChI=1S/C12H11FN4O/c13-9-3-1-2-8-11(9)15-7-16-12(8)17-5-4-14-10(18)6-17/h1-3,7H,4-6H2,(H,14,18).